The maximum atomic E-state index is 12.0. The number of carbonyl (C=O) groups excluding carboxylic acids is 1. The van der Waals surface area contributed by atoms with Crippen LogP contribution in [0.1, 0.15) is 75.3 Å². The van der Waals surface area contributed by atoms with Gasteiger partial charge < -0.3 is 10.5 Å². The first-order chi connectivity index (χ1) is 14.1. The van der Waals surface area contributed by atoms with Crippen LogP contribution in [0.15, 0.2) is 54.6 Å². The summed E-state index contributed by atoms with van der Waals surface area (Å²) in [5.41, 5.74) is 8.72. The van der Waals surface area contributed by atoms with Crippen molar-refractivity contribution in [1.29, 1.82) is 0 Å². The SMILES string of the molecule is CCCCCC1CCC(c2ccc(/C=C/C(=O)Oc3ccc(N)cc3)cc2)CC1. The molecular weight excluding hydrogens is 358 g/mol. The molecule has 1 saturated carbocycles. The molecule has 0 unspecified atom stereocenters. The van der Waals surface area contributed by atoms with E-state index in [0.29, 0.717) is 17.4 Å². The van der Waals surface area contributed by atoms with E-state index in [-0.39, 0.29) is 5.97 Å². The smallest absolute Gasteiger partial charge is 0.336 e. The zero-order valence-corrected chi connectivity index (χ0v) is 17.5. The van der Waals surface area contributed by atoms with Crippen molar-refractivity contribution in [2.75, 3.05) is 5.73 Å². The lowest BCUT2D eigenvalue weighted by Gasteiger charge is -2.29. The molecule has 3 nitrogen and oxygen atoms in total. The summed E-state index contributed by atoms with van der Waals surface area (Å²) in [6.07, 6.45) is 14.1. The van der Waals surface area contributed by atoms with E-state index in [9.17, 15) is 4.79 Å². The van der Waals surface area contributed by atoms with Gasteiger partial charge in [-0.25, -0.2) is 4.79 Å². The van der Waals surface area contributed by atoms with Crippen LogP contribution in [-0.4, -0.2) is 5.97 Å². The van der Waals surface area contributed by atoms with Crippen molar-refractivity contribution in [3.63, 3.8) is 0 Å². The van der Waals surface area contributed by atoms with Gasteiger partial charge in [0.2, 0.25) is 0 Å². The van der Waals surface area contributed by atoms with Gasteiger partial charge in [-0.1, -0.05) is 56.9 Å². The van der Waals surface area contributed by atoms with Crippen molar-refractivity contribution in [2.24, 2.45) is 5.92 Å². The maximum absolute atomic E-state index is 12.0. The fourth-order valence-corrected chi connectivity index (χ4v) is 4.20. The molecular formula is C26H33NO2. The van der Waals surface area contributed by atoms with Crippen molar-refractivity contribution < 1.29 is 9.53 Å². The average molecular weight is 392 g/mol. The number of nitrogens with two attached hydrogens (primary N) is 1. The molecule has 3 rings (SSSR count). The first-order valence-corrected chi connectivity index (χ1v) is 11.0. The number of carbonyl (C=O) groups is 1. The molecule has 154 valence electrons. The molecule has 0 saturated heterocycles. The highest BCUT2D eigenvalue weighted by atomic mass is 16.5. The third-order valence-electron chi connectivity index (χ3n) is 5.98. The van der Waals surface area contributed by atoms with E-state index in [2.05, 4.69) is 31.2 Å². The number of rotatable bonds is 8. The van der Waals surface area contributed by atoms with Gasteiger partial charge in [0.25, 0.3) is 0 Å². The summed E-state index contributed by atoms with van der Waals surface area (Å²) in [5.74, 6) is 1.73. The second-order valence-electron chi connectivity index (χ2n) is 8.20. The fraction of sp³-hybridized carbons (Fsp3) is 0.423. The van der Waals surface area contributed by atoms with Crippen molar-refractivity contribution in [2.45, 2.75) is 64.2 Å². The Kier molecular flexibility index (Phi) is 7.92. The minimum Gasteiger partial charge on any atom is -0.423 e. The van der Waals surface area contributed by atoms with Crippen LogP contribution in [-0.2, 0) is 4.79 Å². The number of anilines is 1. The Morgan fingerprint density at radius 1 is 1.00 bits per heavy atom. The summed E-state index contributed by atoms with van der Waals surface area (Å²) >= 11 is 0. The molecule has 0 radical (unpaired) electrons. The minimum atomic E-state index is -0.389. The molecule has 1 aliphatic carbocycles. The molecule has 29 heavy (non-hydrogen) atoms. The van der Waals surface area contributed by atoms with Crippen LogP contribution >= 0.6 is 0 Å². The van der Waals surface area contributed by atoms with Gasteiger partial charge in [-0.2, -0.15) is 0 Å². The lowest BCUT2D eigenvalue weighted by atomic mass is 9.77. The van der Waals surface area contributed by atoms with Crippen LogP contribution in [0.3, 0.4) is 0 Å². The summed E-state index contributed by atoms with van der Waals surface area (Å²) in [7, 11) is 0. The summed E-state index contributed by atoms with van der Waals surface area (Å²) in [6, 6.07) is 15.4. The highest BCUT2D eigenvalue weighted by Crippen LogP contribution is 2.37. The lowest BCUT2D eigenvalue weighted by Crippen LogP contribution is -2.13. The number of hydrogen-bond acceptors (Lipinski definition) is 3. The molecule has 0 atom stereocenters. The second-order valence-corrected chi connectivity index (χ2v) is 8.20. The van der Waals surface area contributed by atoms with Crippen molar-refractivity contribution in [3.8, 4) is 5.75 Å². The van der Waals surface area contributed by atoms with Gasteiger partial charge in [0.15, 0.2) is 0 Å². The molecule has 0 amide bonds. The monoisotopic (exact) mass is 391 g/mol. The average Bonchev–Trinajstić information content (AvgIpc) is 2.75. The maximum Gasteiger partial charge on any atom is 0.336 e. The fourth-order valence-electron chi connectivity index (χ4n) is 4.20. The van der Waals surface area contributed by atoms with Gasteiger partial charge in [-0.3, -0.25) is 0 Å². The molecule has 3 heteroatoms. The lowest BCUT2D eigenvalue weighted by molar-refractivity contribution is -0.128. The van der Waals surface area contributed by atoms with Crippen molar-refractivity contribution in [1.82, 2.24) is 0 Å². The molecule has 0 spiro atoms. The third kappa shape index (κ3) is 6.77. The first kappa shape index (κ1) is 21.2. The predicted octanol–water partition coefficient (Wildman–Crippen LogP) is 6.74. The van der Waals surface area contributed by atoms with Crippen LogP contribution in [0.5, 0.6) is 5.75 Å². The number of ether oxygens (including phenoxy) is 1. The summed E-state index contributed by atoms with van der Waals surface area (Å²) in [6.45, 7) is 2.28. The zero-order chi connectivity index (χ0) is 20.5. The third-order valence-corrected chi connectivity index (χ3v) is 5.98. The van der Waals surface area contributed by atoms with Gasteiger partial charge in [-0.15, -0.1) is 0 Å². The number of nitrogen functional groups attached to an aromatic ring is 1. The summed E-state index contributed by atoms with van der Waals surface area (Å²) in [5, 5.41) is 0. The minimum absolute atomic E-state index is 0.389. The molecule has 2 aromatic carbocycles. The van der Waals surface area contributed by atoms with Crippen molar-refractivity contribution >= 4 is 17.7 Å². The van der Waals surface area contributed by atoms with Gasteiger partial charge in [0.05, 0.1) is 0 Å². The van der Waals surface area contributed by atoms with Crippen molar-refractivity contribution in [3.05, 3.63) is 65.7 Å². The van der Waals surface area contributed by atoms with Gasteiger partial charge in [0, 0.05) is 11.8 Å². The first-order valence-electron chi connectivity index (χ1n) is 11.0. The Hall–Kier alpha value is -2.55. The van der Waals surface area contributed by atoms with E-state index in [1.807, 2.05) is 0 Å². The van der Waals surface area contributed by atoms with E-state index in [1.54, 1.807) is 30.3 Å². The van der Waals surface area contributed by atoms with E-state index in [1.165, 1.54) is 63.0 Å². The molecule has 2 N–H and O–H groups in total. The zero-order valence-electron chi connectivity index (χ0n) is 17.5. The Balaban J connectivity index is 1.47. The van der Waals surface area contributed by atoms with E-state index in [0.717, 1.165) is 11.5 Å². The number of benzene rings is 2. The summed E-state index contributed by atoms with van der Waals surface area (Å²) < 4.78 is 5.27. The largest absolute Gasteiger partial charge is 0.423 e. The Morgan fingerprint density at radius 3 is 2.34 bits per heavy atom. The Labute approximate surface area is 175 Å². The second kappa shape index (κ2) is 10.8. The molecule has 0 heterocycles. The number of unbranched alkanes of at least 4 members (excludes halogenated alkanes) is 2. The van der Waals surface area contributed by atoms with Crippen LogP contribution in [0.2, 0.25) is 0 Å². The van der Waals surface area contributed by atoms with Crippen LogP contribution < -0.4 is 10.5 Å². The predicted molar refractivity (Wildman–Crippen MR) is 121 cm³/mol. The normalized spacial score (nSPS) is 19.3. The van der Waals surface area contributed by atoms with Gasteiger partial charge in [-0.05, 0) is 79.0 Å². The van der Waals surface area contributed by atoms with Gasteiger partial charge >= 0.3 is 5.97 Å². The molecule has 1 aliphatic rings. The number of esters is 1. The Morgan fingerprint density at radius 2 is 1.69 bits per heavy atom. The topological polar surface area (TPSA) is 52.3 Å². The molecule has 0 aliphatic heterocycles. The Bertz CT molecular complexity index is 784. The quantitative estimate of drug-likeness (QED) is 0.178. The number of hydrogen-bond donors (Lipinski definition) is 1. The molecule has 0 aromatic heterocycles. The molecule has 2 aromatic rings. The molecule has 1 fully saturated rings. The van der Waals surface area contributed by atoms with Crippen LogP contribution in [0.25, 0.3) is 6.08 Å². The van der Waals surface area contributed by atoms with Gasteiger partial charge in [0.1, 0.15) is 5.75 Å². The van der Waals surface area contributed by atoms with E-state index < -0.39 is 0 Å². The highest BCUT2D eigenvalue weighted by molar-refractivity contribution is 5.88. The summed E-state index contributed by atoms with van der Waals surface area (Å²) in [4.78, 5) is 12.0. The van der Waals surface area contributed by atoms with Crippen LogP contribution in [0.4, 0.5) is 5.69 Å². The molecule has 0 bridgehead atoms. The van der Waals surface area contributed by atoms with Crippen LogP contribution in [0, 0.1) is 5.92 Å². The van der Waals surface area contributed by atoms with E-state index >= 15 is 0 Å². The standard InChI is InChI=1S/C26H33NO2/c1-2-3-4-5-20-6-11-22(12-7-20)23-13-8-21(9-14-23)10-19-26(28)29-25-17-15-24(27)16-18-25/h8-10,13-20,22H,2-7,11-12,27H2,1H3/b19-10+. The van der Waals surface area contributed by atoms with E-state index in [4.69, 9.17) is 10.5 Å². The highest BCUT2D eigenvalue weighted by Gasteiger charge is 2.21.